The molecular weight excluding hydrogens is 336 g/mol. The molecule has 1 aromatic heterocycles. The van der Waals surface area contributed by atoms with Crippen LogP contribution in [0.1, 0.15) is 30.7 Å². The molecule has 2 heterocycles. The topological polar surface area (TPSA) is 58.1 Å². The Morgan fingerprint density at radius 1 is 1.36 bits per heavy atom. The third kappa shape index (κ3) is 7.32. The van der Waals surface area contributed by atoms with Crippen molar-refractivity contribution in [1.29, 1.82) is 0 Å². The molecule has 6 nitrogen and oxygen atoms in total. The third-order valence-corrected chi connectivity index (χ3v) is 5.20. The molecule has 0 saturated carbocycles. The molecular formula is C18H32N4O2S. The van der Waals surface area contributed by atoms with Crippen LogP contribution in [-0.4, -0.2) is 70.5 Å². The zero-order valence-electron chi connectivity index (χ0n) is 15.5. The van der Waals surface area contributed by atoms with Gasteiger partial charge >= 0.3 is 0 Å². The lowest BCUT2D eigenvalue weighted by Gasteiger charge is -2.34. The molecule has 0 radical (unpaired) electrons. The van der Waals surface area contributed by atoms with Crippen LogP contribution in [0, 0.1) is 0 Å². The smallest absolute Gasteiger partial charge is 0.191 e. The number of ether oxygens (including phenoxy) is 2. The normalized spacial score (nSPS) is 17.4. The molecule has 2 rings (SSSR count). The van der Waals surface area contributed by atoms with Crippen LogP contribution < -0.4 is 10.6 Å². The van der Waals surface area contributed by atoms with Crippen molar-refractivity contribution < 1.29 is 9.47 Å². The minimum absolute atomic E-state index is 0.350. The molecule has 2 N–H and O–H groups in total. The van der Waals surface area contributed by atoms with E-state index in [0.717, 1.165) is 58.4 Å². The van der Waals surface area contributed by atoms with Crippen molar-refractivity contribution in [2.45, 2.75) is 25.8 Å². The van der Waals surface area contributed by atoms with Gasteiger partial charge in [0.15, 0.2) is 5.96 Å². The average Bonchev–Trinajstić information content (AvgIpc) is 3.18. The Kier molecular flexibility index (Phi) is 9.88. The highest BCUT2D eigenvalue weighted by Crippen LogP contribution is 2.25. The van der Waals surface area contributed by atoms with Crippen molar-refractivity contribution in [1.82, 2.24) is 15.5 Å². The zero-order chi connectivity index (χ0) is 17.7. The highest BCUT2D eigenvalue weighted by molar-refractivity contribution is 7.10. The maximum Gasteiger partial charge on any atom is 0.191 e. The number of guanidine groups is 1. The van der Waals surface area contributed by atoms with Crippen LogP contribution in [0.2, 0.25) is 0 Å². The van der Waals surface area contributed by atoms with E-state index in [1.807, 2.05) is 18.4 Å². The number of hydrogen-bond donors (Lipinski definition) is 2. The summed E-state index contributed by atoms with van der Waals surface area (Å²) >= 11 is 1.81. The highest BCUT2D eigenvalue weighted by atomic mass is 32.1. The van der Waals surface area contributed by atoms with Gasteiger partial charge in [-0.15, -0.1) is 11.3 Å². The number of morpholine rings is 1. The molecule has 1 saturated heterocycles. The number of thiophene rings is 1. The Balaban J connectivity index is 1.77. The van der Waals surface area contributed by atoms with Gasteiger partial charge in [-0.1, -0.05) is 19.4 Å². The standard InChI is InChI=1S/C18H32N4O2S/c1-3-4-10-23-11-7-20-18(19-2)21-15-16(17-6-5-14-25-17)22-8-12-24-13-9-22/h5-6,14,16H,3-4,7-13,15H2,1-2H3,(H2,19,20,21). The fraction of sp³-hybridized carbons (Fsp3) is 0.722. The third-order valence-electron chi connectivity index (χ3n) is 4.23. The van der Waals surface area contributed by atoms with Crippen molar-refractivity contribution in [2.24, 2.45) is 4.99 Å². The number of aliphatic imine (C=N–C) groups is 1. The largest absolute Gasteiger partial charge is 0.380 e. The lowest BCUT2D eigenvalue weighted by Crippen LogP contribution is -2.46. The fourth-order valence-corrected chi connectivity index (χ4v) is 3.64. The second-order valence-electron chi connectivity index (χ2n) is 6.03. The summed E-state index contributed by atoms with van der Waals surface area (Å²) in [6.45, 7) is 8.88. The Morgan fingerprint density at radius 2 is 2.20 bits per heavy atom. The van der Waals surface area contributed by atoms with Crippen molar-refractivity contribution in [3.63, 3.8) is 0 Å². The zero-order valence-corrected chi connectivity index (χ0v) is 16.3. The van der Waals surface area contributed by atoms with Gasteiger partial charge in [0.25, 0.3) is 0 Å². The van der Waals surface area contributed by atoms with Crippen molar-refractivity contribution in [3.05, 3.63) is 22.4 Å². The molecule has 1 aromatic rings. The Hall–Kier alpha value is -1.15. The second kappa shape index (κ2) is 12.2. The number of hydrogen-bond acceptors (Lipinski definition) is 5. The van der Waals surface area contributed by atoms with Crippen LogP contribution in [0.15, 0.2) is 22.5 Å². The summed E-state index contributed by atoms with van der Waals surface area (Å²) in [4.78, 5) is 8.19. The molecule has 1 atom stereocenters. The average molecular weight is 369 g/mol. The van der Waals surface area contributed by atoms with E-state index in [4.69, 9.17) is 9.47 Å². The first-order chi connectivity index (χ1) is 12.3. The van der Waals surface area contributed by atoms with Crippen molar-refractivity contribution in [2.75, 3.05) is 59.7 Å². The van der Waals surface area contributed by atoms with Gasteiger partial charge < -0.3 is 20.1 Å². The van der Waals surface area contributed by atoms with Gasteiger partial charge in [0.05, 0.1) is 25.9 Å². The van der Waals surface area contributed by atoms with Gasteiger partial charge in [0.1, 0.15) is 0 Å². The monoisotopic (exact) mass is 368 g/mol. The minimum atomic E-state index is 0.350. The second-order valence-corrected chi connectivity index (χ2v) is 7.00. The SMILES string of the molecule is CCCCOCCNC(=NC)NCC(c1cccs1)N1CCOCC1. The van der Waals surface area contributed by atoms with E-state index in [0.29, 0.717) is 12.6 Å². The van der Waals surface area contributed by atoms with Crippen LogP contribution in [0.4, 0.5) is 0 Å². The summed E-state index contributed by atoms with van der Waals surface area (Å²) < 4.78 is 11.1. The van der Waals surface area contributed by atoms with Crippen LogP contribution in [-0.2, 0) is 9.47 Å². The van der Waals surface area contributed by atoms with Crippen LogP contribution in [0.3, 0.4) is 0 Å². The highest BCUT2D eigenvalue weighted by Gasteiger charge is 2.23. The van der Waals surface area contributed by atoms with Gasteiger partial charge in [-0.05, 0) is 17.9 Å². The predicted molar refractivity (Wildman–Crippen MR) is 105 cm³/mol. The summed E-state index contributed by atoms with van der Waals surface area (Å²) in [7, 11) is 1.81. The van der Waals surface area contributed by atoms with Gasteiger partial charge in [-0.25, -0.2) is 0 Å². The van der Waals surface area contributed by atoms with E-state index in [9.17, 15) is 0 Å². The quantitative estimate of drug-likeness (QED) is 0.376. The molecule has 7 heteroatoms. The van der Waals surface area contributed by atoms with Gasteiger partial charge in [0.2, 0.25) is 0 Å². The molecule has 25 heavy (non-hydrogen) atoms. The number of unbranched alkanes of at least 4 members (excludes halogenated alkanes) is 1. The summed E-state index contributed by atoms with van der Waals surface area (Å²) in [6, 6.07) is 4.68. The van der Waals surface area contributed by atoms with Gasteiger partial charge in [0, 0.05) is 44.7 Å². The van der Waals surface area contributed by atoms with E-state index < -0.39 is 0 Å². The Morgan fingerprint density at radius 3 is 2.88 bits per heavy atom. The Labute approximate surface area is 155 Å². The van der Waals surface area contributed by atoms with E-state index in [2.05, 4.69) is 45.0 Å². The molecule has 1 unspecified atom stereocenters. The number of nitrogens with zero attached hydrogens (tertiary/aromatic N) is 2. The van der Waals surface area contributed by atoms with E-state index >= 15 is 0 Å². The first-order valence-corrected chi connectivity index (χ1v) is 10.1. The first-order valence-electron chi connectivity index (χ1n) is 9.22. The predicted octanol–water partition coefficient (Wildman–Crippen LogP) is 2.10. The minimum Gasteiger partial charge on any atom is -0.380 e. The molecule has 0 bridgehead atoms. The van der Waals surface area contributed by atoms with Crippen LogP contribution in [0.5, 0.6) is 0 Å². The van der Waals surface area contributed by atoms with E-state index in [1.54, 1.807) is 0 Å². The summed E-state index contributed by atoms with van der Waals surface area (Å²) in [5.41, 5.74) is 0. The molecule has 142 valence electrons. The van der Waals surface area contributed by atoms with Crippen molar-refractivity contribution >= 4 is 17.3 Å². The van der Waals surface area contributed by atoms with Crippen LogP contribution >= 0.6 is 11.3 Å². The molecule has 1 aliphatic heterocycles. The number of nitrogens with one attached hydrogen (secondary N) is 2. The van der Waals surface area contributed by atoms with Crippen molar-refractivity contribution in [3.8, 4) is 0 Å². The molecule has 1 aliphatic rings. The molecule has 1 fully saturated rings. The summed E-state index contributed by atoms with van der Waals surface area (Å²) in [5.74, 6) is 0.828. The summed E-state index contributed by atoms with van der Waals surface area (Å²) in [5, 5.41) is 8.93. The lowest BCUT2D eigenvalue weighted by molar-refractivity contribution is 0.0177. The van der Waals surface area contributed by atoms with Gasteiger partial charge in [-0.2, -0.15) is 0 Å². The first kappa shape index (κ1) is 20.2. The molecule has 0 aliphatic carbocycles. The maximum atomic E-state index is 5.58. The summed E-state index contributed by atoms with van der Waals surface area (Å²) in [6.07, 6.45) is 2.29. The maximum absolute atomic E-state index is 5.58. The van der Waals surface area contributed by atoms with E-state index in [-0.39, 0.29) is 0 Å². The lowest BCUT2D eigenvalue weighted by atomic mass is 10.2. The molecule has 0 spiro atoms. The fourth-order valence-electron chi connectivity index (χ4n) is 2.78. The number of rotatable bonds is 10. The van der Waals surface area contributed by atoms with Crippen LogP contribution in [0.25, 0.3) is 0 Å². The van der Waals surface area contributed by atoms with E-state index in [1.165, 1.54) is 11.3 Å². The Bertz CT molecular complexity index is 475. The molecule has 0 amide bonds. The van der Waals surface area contributed by atoms with Gasteiger partial charge in [-0.3, -0.25) is 9.89 Å². The molecule has 0 aromatic carbocycles.